The van der Waals surface area contributed by atoms with Gasteiger partial charge in [0.1, 0.15) is 5.75 Å². The highest BCUT2D eigenvalue weighted by Crippen LogP contribution is 2.78. The minimum atomic E-state index is -4.60. The summed E-state index contributed by atoms with van der Waals surface area (Å²) in [6, 6.07) is 11.7. The molecule has 0 radical (unpaired) electrons. The van der Waals surface area contributed by atoms with E-state index in [1.165, 1.54) is 12.1 Å². The topological polar surface area (TPSA) is 99.1 Å². The van der Waals surface area contributed by atoms with Crippen molar-refractivity contribution in [1.29, 1.82) is 0 Å². The fourth-order valence-corrected chi connectivity index (χ4v) is 14.5. The maximum absolute atomic E-state index is 15.0. The monoisotopic (exact) mass is 800 g/mol. The fourth-order valence-electron chi connectivity index (χ4n) is 14.5. The van der Waals surface area contributed by atoms with Crippen LogP contribution in [0.2, 0.25) is 0 Å². The lowest BCUT2D eigenvalue weighted by atomic mass is 9.32. The summed E-state index contributed by atoms with van der Waals surface area (Å²) in [5.74, 6) is 1.55. The Kier molecular flexibility index (Phi) is 9.05. The summed E-state index contributed by atoms with van der Waals surface area (Å²) in [4.78, 5) is 31.3. The Hall–Kier alpha value is -3.63. The van der Waals surface area contributed by atoms with E-state index in [2.05, 4.69) is 45.2 Å². The molecule has 9 aliphatic carbocycles. The average molecular weight is 801 g/mol. The maximum atomic E-state index is 15.0. The third-order valence-corrected chi connectivity index (χ3v) is 17.9. The van der Waals surface area contributed by atoms with Crippen molar-refractivity contribution in [2.75, 3.05) is 25.5 Å². The van der Waals surface area contributed by atoms with Gasteiger partial charge in [-0.15, -0.1) is 0 Å². The summed E-state index contributed by atoms with van der Waals surface area (Å²) in [5, 5.41) is 27.5. The number of methoxy groups -OCH3 is 1. The lowest BCUT2D eigenvalue weighted by Crippen LogP contribution is -2.67. The minimum Gasteiger partial charge on any atom is -0.497 e. The third-order valence-electron chi connectivity index (χ3n) is 17.9. The van der Waals surface area contributed by atoms with E-state index in [9.17, 15) is 33.0 Å². The van der Waals surface area contributed by atoms with E-state index in [0.29, 0.717) is 79.8 Å². The SMILES string of the molecule is COc1ccc(NC(=O)N(C[C@@H]2CC[C@H]3C[C@@H]2C3(C)C)C[C@]2(O)CC[C@H]3[C@]45C=C[C@@]6(C=C4C(=O)c4cccc(C(F)(F)F)c4)CC(O)CC[C@]6(C)[C@H]5CC[C@@]32C)cc1. The highest BCUT2D eigenvalue weighted by molar-refractivity contribution is 6.10. The molecule has 9 aliphatic rings. The van der Waals surface area contributed by atoms with Crippen LogP contribution >= 0.6 is 0 Å². The number of hydrogen-bond acceptors (Lipinski definition) is 5. The Morgan fingerprint density at radius 1 is 0.914 bits per heavy atom. The number of amides is 2. The Labute approximate surface area is 340 Å². The summed E-state index contributed by atoms with van der Waals surface area (Å²) < 4.78 is 47.4. The van der Waals surface area contributed by atoms with Gasteiger partial charge in [0.05, 0.1) is 30.9 Å². The number of urea groups is 1. The second-order valence-electron chi connectivity index (χ2n) is 20.5. The molecule has 3 N–H and O–H groups in total. The Balaban J connectivity index is 1.09. The summed E-state index contributed by atoms with van der Waals surface area (Å²) in [7, 11) is 1.60. The second kappa shape index (κ2) is 13.2. The van der Waals surface area contributed by atoms with Crippen molar-refractivity contribution >= 4 is 17.5 Å². The zero-order chi connectivity index (χ0) is 41.3. The molecule has 4 bridgehead atoms. The Morgan fingerprint density at radius 2 is 1.62 bits per heavy atom. The van der Waals surface area contributed by atoms with Gasteiger partial charge in [0.15, 0.2) is 5.78 Å². The fraction of sp³-hybridized carbons (Fsp3) is 0.625. The number of benzene rings is 2. The third kappa shape index (κ3) is 5.58. The normalized spacial score (nSPS) is 40.3. The molecule has 58 heavy (non-hydrogen) atoms. The van der Waals surface area contributed by atoms with Crippen molar-refractivity contribution in [1.82, 2.24) is 4.90 Å². The molecule has 0 saturated heterocycles. The summed E-state index contributed by atoms with van der Waals surface area (Å²) in [6.07, 6.45) is 8.87. The van der Waals surface area contributed by atoms with Gasteiger partial charge < -0.3 is 25.2 Å². The van der Waals surface area contributed by atoms with E-state index < -0.39 is 45.5 Å². The predicted molar refractivity (Wildman–Crippen MR) is 216 cm³/mol. The maximum Gasteiger partial charge on any atom is 0.416 e. The molecule has 2 spiro atoms. The van der Waals surface area contributed by atoms with Crippen LogP contribution in [-0.4, -0.2) is 58.8 Å². The number of ketones is 1. The predicted octanol–water partition coefficient (Wildman–Crippen LogP) is 10.1. The molecular formula is C48H59F3N2O5. The van der Waals surface area contributed by atoms with Gasteiger partial charge in [-0.05, 0) is 141 Å². The number of aliphatic hydroxyl groups is 2. The van der Waals surface area contributed by atoms with Crippen LogP contribution in [0.5, 0.6) is 5.75 Å². The molecule has 6 saturated carbocycles. The number of fused-ring (bicyclic) bond motifs is 3. The van der Waals surface area contributed by atoms with Crippen molar-refractivity contribution in [3.05, 3.63) is 83.5 Å². The highest BCUT2D eigenvalue weighted by atomic mass is 19.4. The van der Waals surface area contributed by atoms with E-state index in [1.54, 1.807) is 7.11 Å². The van der Waals surface area contributed by atoms with Gasteiger partial charge in [-0.1, -0.05) is 58.1 Å². The average Bonchev–Trinajstić information content (AvgIpc) is 3.46. The number of nitrogens with zero attached hydrogens (tertiary/aromatic N) is 1. The molecular weight excluding hydrogens is 742 g/mol. The van der Waals surface area contributed by atoms with E-state index in [-0.39, 0.29) is 40.8 Å². The first-order valence-electron chi connectivity index (χ1n) is 21.6. The van der Waals surface area contributed by atoms with E-state index in [0.717, 1.165) is 37.8 Å². The van der Waals surface area contributed by atoms with Crippen molar-refractivity contribution in [3.8, 4) is 5.75 Å². The van der Waals surface area contributed by atoms with Gasteiger partial charge in [0, 0.05) is 39.6 Å². The van der Waals surface area contributed by atoms with Crippen molar-refractivity contribution in [3.63, 3.8) is 0 Å². The molecule has 1 unspecified atom stereocenters. The lowest BCUT2D eigenvalue weighted by molar-refractivity contribution is -0.176. The van der Waals surface area contributed by atoms with E-state index in [4.69, 9.17) is 4.74 Å². The molecule has 10 heteroatoms. The molecule has 0 aliphatic heterocycles. The molecule has 2 amide bonds. The number of carbonyl (C=O) groups excluding carboxylic acids is 2. The second-order valence-corrected chi connectivity index (χ2v) is 20.5. The molecule has 11 atom stereocenters. The molecule has 312 valence electrons. The van der Waals surface area contributed by atoms with Gasteiger partial charge in [-0.3, -0.25) is 4.79 Å². The van der Waals surface area contributed by atoms with Crippen molar-refractivity contribution < 1.29 is 37.7 Å². The van der Waals surface area contributed by atoms with Crippen molar-refractivity contribution in [2.24, 2.45) is 56.7 Å². The first-order chi connectivity index (χ1) is 27.3. The van der Waals surface area contributed by atoms with Gasteiger partial charge >= 0.3 is 12.2 Å². The lowest BCUT2D eigenvalue weighted by Gasteiger charge is -2.71. The van der Waals surface area contributed by atoms with Gasteiger partial charge in [-0.2, -0.15) is 13.2 Å². The van der Waals surface area contributed by atoms with Crippen LogP contribution in [0.4, 0.5) is 23.7 Å². The number of anilines is 1. The summed E-state index contributed by atoms with van der Waals surface area (Å²) >= 11 is 0. The smallest absolute Gasteiger partial charge is 0.416 e. The molecule has 6 fully saturated rings. The van der Waals surface area contributed by atoms with Crippen LogP contribution in [0, 0.1) is 56.7 Å². The number of aliphatic hydroxyl groups excluding tert-OH is 1. The van der Waals surface area contributed by atoms with E-state index in [1.807, 2.05) is 35.2 Å². The molecule has 0 aromatic heterocycles. The number of allylic oxidation sites excluding steroid dienone is 4. The van der Waals surface area contributed by atoms with Gasteiger partial charge in [0.25, 0.3) is 0 Å². The minimum absolute atomic E-state index is 0.000152. The summed E-state index contributed by atoms with van der Waals surface area (Å²) in [5.41, 5.74) is -3.28. The van der Waals surface area contributed by atoms with Crippen LogP contribution in [0.1, 0.15) is 108 Å². The summed E-state index contributed by atoms with van der Waals surface area (Å²) in [6.45, 7) is 9.79. The number of alkyl halides is 3. The van der Waals surface area contributed by atoms with E-state index >= 15 is 0 Å². The Bertz CT molecular complexity index is 2060. The van der Waals surface area contributed by atoms with Gasteiger partial charge in [-0.25, -0.2) is 4.79 Å². The number of ether oxygens (including phenoxy) is 1. The molecule has 0 heterocycles. The molecule has 11 rings (SSSR count). The first-order valence-corrected chi connectivity index (χ1v) is 21.6. The first kappa shape index (κ1) is 39.8. The number of Topliss-reactive ketones (excluding diaryl/α,β-unsaturated/α-hetero) is 1. The zero-order valence-electron chi connectivity index (χ0n) is 34.5. The quantitative estimate of drug-likeness (QED) is 0.182. The molecule has 2 aromatic carbocycles. The van der Waals surface area contributed by atoms with Crippen LogP contribution < -0.4 is 10.1 Å². The molecule has 7 nitrogen and oxygen atoms in total. The highest BCUT2D eigenvalue weighted by Gasteiger charge is 2.74. The standard InChI is InChI=1S/C48H59F3N2O5/c1-42(2)31-10-9-30(36(42)24-31)27-53(41(56)52-33-11-13-35(58-5)14-12-33)28-46(57)20-17-39-44(46,4)19-16-38-43(3)18-15-34(54)25-45(43)21-22-47(38,39)37(26-45)40(55)29-7-6-8-32(23-29)48(49,50)51/h6-8,11-14,21-23,26,30-31,34,36,38-39,54,57H,9-10,15-20,24-25,27-28H2,1-5H3,(H,52,56)/t30-,31-,34?,36-,38+,39+,43+,44-,45-,46+,47+/m0/s1. The van der Waals surface area contributed by atoms with Crippen molar-refractivity contribution in [2.45, 2.75) is 110 Å². The number of hydrogen-bond donors (Lipinski definition) is 3. The number of rotatable bonds is 8. The number of carbonyl (C=O) groups is 2. The number of halogens is 3. The van der Waals surface area contributed by atoms with Crippen LogP contribution in [-0.2, 0) is 6.18 Å². The largest absolute Gasteiger partial charge is 0.497 e. The van der Waals surface area contributed by atoms with Crippen LogP contribution in [0.3, 0.4) is 0 Å². The number of nitrogens with one attached hydrogen (secondary N) is 1. The van der Waals surface area contributed by atoms with Gasteiger partial charge in [0.2, 0.25) is 0 Å². The Morgan fingerprint density at radius 3 is 2.31 bits per heavy atom. The van der Waals surface area contributed by atoms with Crippen LogP contribution in [0.15, 0.2) is 72.3 Å². The van der Waals surface area contributed by atoms with Crippen LogP contribution in [0.25, 0.3) is 0 Å². The zero-order valence-corrected chi connectivity index (χ0v) is 34.5. The molecule has 2 aromatic rings.